The van der Waals surface area contributed by atoms with Crippen LogP contribution in [-0.2, 0) is 13.9 Å². The summed E-state index contributed by atoms with van der Waals surface area (Å²) in [5, 5.41) is 0.214. The van der Waals surface area contributed by atoms with Gasteiger partial charge in [-0.1, -0.05) is 26.8 Å². The fourth-order valence-electron chi connectivity index (χ4n) is 1.70. The van der Waals surface area contributed by atoms with E-state index in [0.717, 1.165) is 0 Å². The summed E-state index contributed by atoms with van der Waals surface area (Å²) in [6, 6.07) is 0. The normalized spacial score (nSPS) is 28.4. The second kappa shape index (κ2) is 5.08. The zero-order valence-electron chi connectivity index (χ0n) is 12.9. The van der Waals surface area contributed by atoms with Gasteiger partial charge in [0, 0.05) is 0 Å². The molecule has 0 spiro atoms. The van der Waals surface area contributed by atoms with E-state index in [1.165, 1.54) is 0 Å². The van der Waals surface area contributed by atoms with Crippen LogP contribution in [0.1, 0.15) is 34.6 Å². The molecule has 1 rings (SSSR count). The molecule has 1 saturated heterocycles. The molecule has 0 aliphatic carbocycles. The van der Waals surface area contributed by atoms with Crippen LogP contribution in [0.25, 0.3) is 0 Å². The Kier molecular flexibility index (Phi) is 4.48. The first-order chi connectivity index (χ1) is 7.98. The molecule has 18 heavy (non-hydrogen) atoms. The molecule has 0 N–H and O–H groups in total. The minimum atomic E-state index is -1.73. The van der Waals surface area contributed by atoms with Crippen molar-refractivity contribution in [3.8, 4) is 0 Å². The van der Waals surface area contributed by atoms with Crippen molar-refractivity contribution in [2.24, 2.45) is 0 Å². The Labute approximate surface area is 113 Å². The summed E-state index contributed by atoms with van der Waals surface area (Å²) in [5.74, 6) is -0.541. The van der Waals surface area contributed by atoms with Crippen molar-refractivity contribution in [3.05, 3.63) is 12.7 Å². The van der Waals surface area contributed by atoms with Gasteiger partial charge in [-0.25, -0.2) is 0 Å². The molecule has 106 valence electrons. The highest BCUT2D eigenvalue weighted by atomic mass is 28.4. The van der Waals surface area contributed by atoms with Crippen LogP contribution in [0.2, 0.25) is 18.1 Å². The molecule has 4 heteroatoms. The lowest BCUT2D eigenvalue weighted by atomic mass is 10.2. The highest BCUT2D eigenvalue weighted by Gasteiger charge is 2.43. The average molecular weight is 272 g/mol. The maximum atomic E-state index is 6.19. The smallest absolute Gasteiger partial charge is 0.192 e. The number of rotatable bonds is 4. The van der Waals surface area contributed by atoms with Gasteiger partial charge >= 0.3 is 0 Å². The third-order valence-electron chi connectivity index (χ3n) is 3.87. The van der Waals surface area contributed by atoms with Gasteiger partial charge < -0.3 is 13.9 Å². The van der Waals surface area contributed by atoms with E-state index in [2.05, 4.69) is 40.4 Å². The summed E-state index contributed by atoms with van der Waals surface area (Å²) in [5.41, 5.74) is 0. The van der Waals surface area contributed by atoms with Crippen LogP contribution in [0.15, 0.2) is 12.7 Å². The summed E-state index contributed by atoms with van der Waals surface area (Å²) in [4.78, 5) is 0. The topological polar surface area (TPSA) is 27.7 Å². The van der Waals surface area contributed by atoms with E-state index in [9.17, 15) is 0 Å². The highest BCUT2D eigenvalue weighted by Crippen LogP contribution is 2.37. The molecule has 0 aromatic heterocycles. The standard InChI is InChI=1S/C14H28O3Si/c1-9-11-12(17-14(5,6)16-11)10-15-18(7,8)13(2,3)4/h9,11-12H,1,10H2,2-8H3/t11-,12+/m0/s1. The van der Waals surface area contributed by atoms with Crippen molar-refractivity contribution in [1.82, 2.24) is 0 Å². The maximum Gasteiger partial charge on any atom is 0.192 e. The van der Waals surface area contributed by atoms with E-state index in [4.69, 9.17) is 13.9 Å². The van der Waals surface area contributed by atoms with Crippen molar-refractivity contribution in [1.29, 1.82) is 0 Å². The molecule has 0 bridgehead atoms. The van der Waals surface area contributed by atoms with Gasteiger partial charge in [0.15, 0.2) is 14.1 Å². The summed E-state index contributed by atoms with van der Waals surface area (Å²) in [6.07, 6.45) is 1.67. The first-order valence-corrected chi connectivity index (χ1v) is 9.51. The van der Waals surface area contributed by atoms with Gasteiger partial charge in [-0.05, 0) is 32.0 Å². The fraction of sp³-hybridized carbons (Fsp3) is 0.857. The molecule has 0 amide bonds. The van der Waals surface area contributed by atoms with Crippen LogP contribution in [0.5, 0.6) is 0 Å². The SMILES string of the molecule is C=C[C@@H]1OC(C)(C)O[C@@H]1CO[Si](C)(C)C(C)(C)C. The summed E-state index contributed by atoms with van der Waals surface area (Å²) < 4.78 is 17.8. The van der Waals surface area contributed by atoms with Crippen molar-refractivity contribution in [3.63, 3.8) is 0 Å². The van der Waals surface area contributed by atoms with E-state index < -0.39 is 14.1 Å². The maximum absolute atomic E-state index is 6.19. The minimum Gasteiger partial charge on any atom is -0.414 e. The van der Waals surface area contributed by atoms with E-state index in [1.807, 2.05) is 13.8 Å². The Hall–Kier alpha value is -0.163. The molecule has 2 atom stereocenters. The van der Waals surface area contributed by atoms with Crippen molar-refractivity contribution >= 4 is 8.32 Å². The molecule has 1 aliphatic heterocycles. The Morgan fingerprint density at radius 3 is 2.28 bits per heavy atom. The number of hydrogen-bond acceptors (Lipinski definition) is 3. The first-order valence-electron chi connectivity index (χ1n) is 6.61. The van der Waals surface area contributed by atoms with Gasteiger partial charge in [-0.2, -0.15) is 0 Å². The van der Waals surface area contributed by atoms with Gasteiger partial charge in [0.1, 0.15) is 12.2 Å². The van der Waals surface area contributed by atoms with Crippen LogP contribution >= 0.6 is 0 Å². The molecule has 1 aliphatic rings. The molecular weight excluding hydrogens is 244 g/mol. The van der Waals surface area contributed by atoms with E-state index in [1.54, 1.807) is 6.08 Å². The Bertz CT molecular complexity index is 305. The van der Waals surface area contributed by atoms with Crippen LogP contribution < -0.4 is 0 Å². The summed E-state index contributed by atoms with van der Waals surface area (Å²) >= 11 is 0. The molecule has 0 radical (unpaired) electrons. The Balaban J connectivity index is 2.61. The molecule has 0 unspecified atom stereocenters. The van der Waals surface area contributed by atoms with Crippen LogP contribution in [-0.4, -0.2) is 32.9 Å². The van der Waals surface area contributed by atoms with Gasteiger partial charge in [-0.3, -0.25) is 0 Å². The lowest BCUT2D eigenvalue weighted by molar-refractivity contribution is -0.145. The lowest BCUT2D eigenvalue weighted by Gasteiger charge is -2.37. The predicted octanol–water partition coefficient (Wildman–Crippen LogP) is 3.71. The second-order valence-electron chi connectivity index (χ2n) is 6.95. The molecule has 0 saturated carbocycles. The molecular formula is C14H28O3Si. The zero-order chi connectivity index (χ0) is 14.2. The van der Waals surface area contributed by atoms with Crippen LogP contribution in [0.4, 0.5) is 0 Å². The molecule has 0 aromatic rings. The first kappa shape index (κ1) is 15.9. The van der Waals surface area contributed by atoms with Crippen molar-refractivity contribution < 1.29 is 13.9 Å². The predicted molar refractivity (Wildman–Crippen MR) is 77.2 cm³/mol. The molecule has 1 fully saturated rings. The van der Waals surface area contributed by atoms with Gasteiger partial charge in [-0.15, -0.1) is 6.58 Å². The van der Waals surface area contributed by atoms with Gasteiger partial charge in [0.05, 0.1) is 6.61 Å². The number of hydrogen-bond donors (Lipinski definition) is 0. The third kappa shape index (κ3) is 3.67. The van der Waals surface area contributed by atoms with E-state index >= 15 is 0 Å². The largest absolute Gasteiger partial charge is 0.414 e. The monoisotopic (exact) mass is 272 g/mol. The fourth-order valence-corrected chi connectivity index (χ4v) is 2.71. The Morgan fingerprint density at radius 2 is 1.83 bits per heavy atom. The third-order valence-corrected chi connectivity index (χ3v) is 8.37. The van der Waals surface area contributed by atoms with Crippen LogP contribution in [0.3, 0.4) is 0 Å². The van der Waals surface area contributed by atoms with E-state index in [0.29, 0.717) is 6.61 Å². The summed E-state index contributed by atoms with van der Waals surface area (Å²) in [6.45, 7) is 19.4. The van der Waals surface area contributed by atoms with E-state index in [-0.39, 0.29) is 17.2 Å². The van der Waals surface area contributed by atoms with Crippen molar-refractivity contribution in [2.45, 2.75) is 70.7 Å². The van der Waals surface area contributed by atoms with Crippen molar-refractivity contribution in [2.75, 3.05) is 6.61 Å². The second-order valence-corrected chi connectivity index (χ2v) is 11.8. The van der Waals surface area contributed by atoms with Gasteiger partial charge in [0.25, 0.3) is 0 Å². The lowest BCUT2D eigenvalue weighted by Crippen LogP contribution is -2.43. The molecule has 1 heterocycles. The average Bonchev–Trinajstić information content (AvgIpc) is 2.48. The quantitative estimate of drug-likeness (QED) is 0.577. The highest BCUT2D eigenvalue weighted by molar-refractivity contribution is 6.74. The molecule has 0 aromatic carbocycles. The zero-order valence-corrected chi connectivity index (χ0v) is 13.9. The van der Waals surface area contributed by atoms with Gasteiger partial charge in [0.2, 0.25) is 0 Å². The Morgan fingerprint density at radius 1 is 1.28 bits per heavy atom. The number of ether oxygens (including phenoxy) is 2. The summed E-state index contributed by atoms with van der Waals surface area (Å²) in [7, 11) is -1.73. The molecule has 3 nitrogen and oxygen atoms in total. The minimum absolute atomic E-state index is 0.0494. The van der Waals surface area contributed by atoms with Crippen LogP contribution in [0, 0.1) is 0 Å².